The SMILES string of the molecule is CC(=O)CCCC[C@@H]1CCSS1.CC(=O)Cc1ccccc1Cc1c(Cl)cccc1Cl.CC(=O)c1cccnc1.COc1ccc2cc([C@H](C)C(C)=O)ccc2c1.Cc1ccc(C(=O)c2cccc(CC(=O)O)c2N)cc1. The predicted octanol–water partition coefficient (Wildman–Crippen LogP) is 15.3. The highest BCUT2D eigenvalue weighted by molar-refractivity contribution is 8.77. The summed E-state index contributed by atoms with van der Waals surface area (Å²) in [5.41, 5.74) is 13.3. The van der Waals surface area contributed by atoms with E-state index in [4.69, 9.17) is 38.8 Å². The van der Waals surface area contributed by atoms with Gasteiger partial charge in [-0.1, -0.05) is 155 Å². The lowest BCUT2D eigenvalue weighted by molar-refractivity contribution is -0.136. The first-order chi connectivity index (χ1) is 36.8. The summed E-state index contributed by atoms with van der Waals surface area (Å²) in [4.78, 5) is 70.8. The van der Waals surface area contributed by atoms with Crippen molar-refractivity contribution in [2.75, 3.05) is 18.6 Å². The van der Waals surface area contributed by atoms with E-state index in [1.807, 2.05) is 120 Å². The van der Waals surface area contributed by atoms with Crippen LogP contribution in [0.2, 0.25) is 10.0 Å². The number of aryl methyl sites for hydroxylation is 1. The molecule has 0 unspecified atom stereocenters. The van der Waals surface area contributed by atoms with Crippen LogP contribution in [0.4, 0.5) is 5.69 Å². The van der Waals surface area contributed by atoms with Gasteiger partial charge in [0.05, 0.1) is 13.5 Å². The minimum absolute atomic E-state index is 0.0403. The number of aliphatic carboxylic acids is 1. The van der Waals surface area contributed by atoms with Crippen LogP contribution in [0.15, 0.2) is 146 Å². The van der Waals surface area contributed by atoms with E-state index in [1.165, 1.54) is 31.9 Å². The van der Waals surface area contributed by atoms with Crippen molar-refractivity contribution in [2.24, 2.45) is 0 Å². The number of nitrogen functional groups attached to an aromatic ring is 1. The minimum atomic E-state index is -0.975. The molecule has 2 atom stereocenters. The number of fused-ring (bicyclic) bond motifs is 1. The van der Waals surface area contributed by atoms with E-state index in [9.17, 15) is 28.8 Å². The van der Waals surface area contributed by atoms with Crippen molar-refractivity contribution in [1.82, 2.24) is 4.98 Å². The molecule has 0 bridgehead atoms. The number of carbonyl (C=O) groups is 6. The van der Waals surface area contributed by atoms with Crippen LogP contribution in [0.1, 0.15) is 132 Å². The highest BCUT2D eigenvalue weighted by atomic mass is 35.5. The Kier molecular flexibility index (Phi) is 26.9. The number of pyridine rings is 1. The number of anilines is 1. The van der Waals surface area contributed by atoms with Crippen LogP contribution in [0.25, 0.3) is 10.8 Å². The summed E-state index contributed by atoms with van der Waals surface area (Å²) in [5, 5.41) is 13.3. The van der Waals surface area contributed by atoms with E-state index in [0.717, 1.165) is 62.4 Å². The van der Waals surface area contributed by atoms with Gasteiger partial charge in [-0.05, 0) is 135 Å². The third-order valence-electron chi connectivity index (χ3n) is 12.4. The number of carboxylic acid groups (broad SMARTS) is 1. The quantitative estimate of drug-likeness (QED) is 0.0383. The third kappa shape index (κ3) is 21.8. The van der Waals surface area contributed by atoms with E-state index in [2.05, 4.69) is 11.1 Å². The van der Waals surface area contributed by atoms with Crippen molar-refractivity contribution in [3.05, 3.63) is 206 Å². The van der Waals surface area contributed by atoms with Gasteiger partial charge >= 0.3 is 5.97 Å². The first-order valence-corrected chi connectivity index (χ1v) is 28.4. The molecule has 1 saturated heterocycles. The van der Waals surface area contributed by atoms with Gasteiger partial charge < -0.3 is 20.4 Å². The van der Waals surface area contributed by atoms with Gasteiger partial charge in [-0.3, -0.25) is 29.0 Å². The van der Waals surface area contributed by atoms with Crippen LogP contribution in [0.5, 0.6) is 5.75 Å². The van der Waals surface area contributed by atoms with Gasteiger partial charge in [-0.15, -0.1) is 0 Å². The minimum Gasteiger partial charge on any atom is -0.497 e. The third-order valence-corrected chi connectivity index (χ3v) is 16.1. The van der Waals surface area contributed by atoms with Crippen LogP contribution in [-0.2, 0) is 38.4 Å². The summed E-state index contributed by atoms with van der Waals surface area (Å²) < 4.78 is 5.18. The molecule has 0 amide bonds. The Labute approximate surface area is 471 Å². The van der Waals surface area contributed by atoms with Crippen molar-refractivity contribution in [3.8, 4) is 5.75 Å². The summed E-state index contributed by atoms with van der Waals surface area (Å²) in [6, 6.07) is 41.0. The van der Waals surface area contributed by atoms with E-state index in [0.29, 0.717) is 50.9 Å². The number of halogens is 2. The number of hydrogen-bond acceptors (Lipinski definition) is 11. The molecule has 14 heteroatoms. The van der Waals surface area contributed by atoms with E-state index < -0.39 is 5.97 Å². The number of nitrogens with zero attached hydrogens (tertiary/aromatic N) is 1. The topological polar surface area (TPSA) is 171 Å². The Morgan fingerprint density at radius 1 is 0.727 bits per heavy atom. The zero-order chi connectivity index (χ0) is 56.4. The first kappa shape index (κ1) is 63.0. The molecule has 0 aliphatic carbocycles. The van der Waals surface area contributed by atoms with Gasteiger partial charge in [-0.25, -0.2) is 0 Å². The molecule has 3 N–H and O–H groups in total. The number of unbranched alkanes of at least 4 members (excludes halogenated alkanes) is 1. The van der Waals surface area contributed by atoms with Gasteiger partial charge in [0.2, 0.25) is 0 Å². The van der Waals surface area contributed by atoms with Crippen LogP contribution in [0.3, 0.4) is 0 Å². The lowest BCUT2D eigenvalue weighted by atomic mass is 9.95. The number of Topliss-reactive ketones (excluding diaryl/α,β-unsaturated/α-hetero) is 4. The van der Waals surface area contributed by atoms with Crippen molar-refractivity contribution < 1.29 is 38.6 Å². The Morgan fingerprint density at radius 2 is 1.38 bits per heavy atom. The number of methoxy groups -OCH3 is 1. The van der Waals surface area contributed by atoms with Gasteiger partial charge in [0.15, 0.2) is 11.6 Å². The van der Waals surface area contributed by atoms with Crippen molar-refractivity contribution in [1.29, 1.82) is 0 Å². The number of rotatable bonds is 17. The smallest absolute Gasteiger partial charge is 0.307 e. The number of carbonyl (C=O) groups excluding carboxylic acids is 5. The molecule has 6 aromatic carbocycles. The summed E-state index contributed by atoms with van der Waals surface area (Å²) in [6.07, 6.45) is 9.88. The zero-order valence-electron chi connectivity index (χ0n) is 44.8. The molecule has 2 heterocycles. The molecule has 7 aromatic rings. The number of carboxylic acids is 1. The number of aromatic nitrogens is 1. The predicted molar refractivity (Wildman–Crippen MR) is 318 cm³/mol. The summed E-state index contributed by atoms with van der Waals surface area (Å²) in [7, 11) is 5.69. The number of para-hydroxylation sites is 1. The van der Waals surface area contributed by atoms with Crippen molar-refractivity contribution >= 4 is 96.1 Å². The largest absolute Gasteiger partial charge is 0.497 e. The fraction of sp³-hybridized carbons (Fsp3) is 0.286. The van der Waals surface area contributed by atoms with Crippen molar-refractivity contribution in [2.45, 2.75) is 104 Å². The zero-order valence-corrected chi connectivity index (χ0v) is 47.9. The Hall–Kier alpha value is -6.57. The molecule has 1 aliphatic rings. The second kappa shape index (κ2) is 32.9. The van der Waals surface area contributed by atoms with Gasteiger partial charge in [0.25, 0.3) is 0 Å². The number of benzene rings is 6. The molecular weight excluding hydrogens is 1050 g/mol. The van der Waals surface area contributed by atoms with Crippen LogP contribution in [0, 0.1) is 6.92 Å². The van der Waals surface area contributed by atoms with Crippen LogP contribution < -0.4 is 10.5 Å². The summed E-state index contributed by atoms with van der Waals surface area (Å²) in [6.45, 7) is 10.3. The van der Waals surface area contributed by atoms with Gasteiger partial charge in [-0.2, -0.15) is 0 Å². The van der Waals surface area contributed by atoms with E-state index in [1.54, 1.807) is 82.7 Å². The normalized spacial score (nSPS) is 12.6. The molecule has 10 nitrogen and oxygen atoms in total. The highest BCUT2D eigenvalue weighted by Gasteiger charge is 2.17. The maximum atomic E-state index is 12.4. The summed E-state index contributed by atoms with van der Waals surface area (Å²) in [5.74, 6) is 1.70. The molecule has 0 spiro atoms. The number of ketones is 5. The number of ether oxygens (including phenoxy) is 1. The average Bonchev–Trinajstić information content (AvgIpc) is 3.94. The average molecular weight is 1120 g/mol. The molecule has 0 radical (unpaired) electrons. The summed E-state index contributed by atoms with van der Waals surface area (Å²) >= 11 is 12.4. The first-order valence-electron chi connectivity index (χ1n) is 25.2. The maximum absolute atomic E-state index is 12.4. The lowest BCUT2D eigenvalue weighted by Gasteiger charge is -2.11. The molecular formula is C63H68Cl2N2O8S2. The van der Waals surface area contributed by atoms with Gasteiger partial charge in [0.1, 0.15) is 23.1 Å². The molecule has 0 saturated carbocycles. The van der Waals surface area contributed by atoms with Gasteiger partial charge in [0, 0.05) is 81.0 Å². The monoisotopic (exact) mass is 1110 g/mol. The molecule has 404 valence electrons. The standard InChI is InChI=1S/C16H14Cl2O.C16H15NO3.C15H16O2.C9H16OS2.C7H7NO/c1-11(19)9-12-5-2-3-6-13(12)10-14-15(17)7-4-8-16(14)18;1-10-5-7-11(8-6-10)16(20)13-4-2-3-12(15(13)17)9-14(18)19;1-10(11(2)16)12-4-5-14-9-15(17-3)7-6-13(14)8-12;1-8(10)4-2-3-5-9-6-7-11-12-9;1-6(9)7-3-2-4-8-5-7/h2-8H,9-10H2,1H3;2-8H,9,17H2,1H3,(H,18,19);4-10H,1-3H3;9H,2-7H2,1H3;2-5H,1H3/t;;10-;9-;/m..11./s1. The molecule has 8 rings (SSSR count). The van der Waals surface area contributed by atoms with E-state index >= 15 is 0 Å². The molecule has 1 aliphatic heterocycles. The highest BCUT2D eigenvalue weighted by Crippen LogP contribution is 2.40. The fourth-order valence-corrected chi connectivity index (χ4v) is 11.4. The molecule has 1 aromatic heterocycles. The fourth-order valence-electron chi connectivity index (χ4n) is 7.81. The Morgan fingerprint density at radius 3 is 1.95 bits per heavy atom. The molecule has 1 fully saturated rings. The number of hydrogen-bond donors (Lipinski definition) is 2. The Balaban J connectivity index is 0.000000213. The maximum Gasteiger partial charge on any atom is 0.307 e. The van der Waals surface area contributed by atoms with Crippen LogP contribution >= 0.6 is 44.8 Å². The number of nitrogens with two attached hydrogens (primary N) is 1. The van der Waals surface area contributed by atoms with E-state index in [-0.39, 0.29) is 41.2 Å². The lowest BCUT2D eigenvalue weighted by Crippen LogP contribution is -2.10. The van der Waals surface area contributed by atoms with Crippen molar-refractivity contribution in [3.63, 3.8) is 0 Å². The second-order valence-electron chi connectivity index (χ2n) is 18.5. The second-order valence-corrected chi connectivity index (χ2v) is 22.1. The van der Waals surface area contributed by atoms with Crippen LogP contribution in [-0.4, -0.2) is 63.1 Å². The molecule has 77 heavy (non-hydrogen) atoms. The Bertz CT molecular complexity index is 3070.